The zero-order chi connectivity index (χ0) is 14.4. The molecule has 0 bridgehead atoms. The largest absolute Gasteiger partial charge is 0.360 e. The Kier molecular flexibility index (Phi) is 5.77. The Labute approximate surface area is 127 Å². The molecule has 1 aliphatic carbocycles. The summed E-state index contributed by atoms with van der Waals surface area (Å²) in [7, 11) is 0. The van der Waals surface area contributed by atoms with Gasteiger partial charge in [0.2, 0.25) is 0 Å². The van der Waals surface area contributed by atoms with E-state index in [9.17, 15) is 0 Å². The van der Waals surface area contributed by atoms with Crippen LogP contribution in [0.1, 0.15) is 50.4 Å². The van der Waals surface area contributed by atoms with Crippen molar-refractivity contribution in [1.82, 2.24) is 15.2 Å². The van der Waals surface area contributed by atoms with E-state index in [2.05, 4.69) is 34.3 Å². The lowest BCUT2D eigenvalue weighted by Crippen LogP contribution is -2.45. The summed E-state index contributed by atoms with van der Waals surface area (Å²) in [5, 5.41) is 4.41. The van der Waals surface area contributed by atoms with Crippen LogP contribution in [0.3, 0.4) is 0 Å². The fourth-order valence-electron chi connectivity index (χ4n) is 2.72. The van der Waals surface area contributed by atoms with Gasteiger partial charge in [-0.1, -0.05) is 25.3 Å². The molecule has 110 valence electrons. The SMILES string of the molecule is CCN(Cc1cccc(C)n1)C(=S)NC1CCCCC1. The molecule has 4 heteroatoms. The first-order valence-electron chi connectivity index (χ1n) is 7.67. The number of hydrogen-bond donors (Lipinski definition) is 1. The van der Waals surface area contributed by atoms with Crippen LogP contribution in [0.2, 0.25) is 0 Å². The van der Waals surface area contributed by atoms with Gasteiger partial charge in [-0.05, 0) is 51.0 Å². The first-order chi connectivity index (χ1) is 9.69. The van der Waals surface area contributed by atoms with Crippen LogP contribution in [0.15, 0.2) is 18.2 Å². The lowest BCUT2D eigenvalue weighted by Gasteiger charge is -2.30. The molecule has 3 nitrogen and oxygen atoms in total. The van der Waals surface area contributed by atoms with Crippen LogP contribution in [-0.4, -0.2) is 27.6 Å². The molecule has 1 aromatic rings. The molecule has 0 radical (unpaired) electrons. The monoisotopic (exact) mass is 291 g/mol. The van der Waals surface area contributed by atoms with Gasteiger partial charge in [0.25, 0.3) is 0 Å². The fourth-order valence-corrected chi connectivity index (χ4v) is 3.08. The zero-order valence-electron chi connectivity index (χ0n) is 12.6. The van der Waals surface area contributed by atoms with E-state index in [4.69, 9.17) is 12.2 Å². The van der Waals surface area contributed by atoms with Crippen molar-refractivity contribution in [2.75, 3.05) is 6.54 Å². The minimum atomic E-state index is 0.566. The van der Waals surface area contributed by atoms with Crippen molar-refractivity contribution in [1.29, 1.82) is 0 Å². The van der Waals surface area contributed by atoms with E-state index in [-0.39, 0.29) is 0 Å². The molecule has 1 aromatic heterocycles. The summed E-state index contributed by atoms with van der Waals surface area (Å²) in [6.07, 6.45) is 6.52. The predicted molar refractivity (Wildman–Crippen MR) is 87.7 cm³/mol. The Balaban J connectivity index is 1.91. The average molecular weight is 291 g/mol. The van der Waals surface area contributed by atoms with Gasteiger partial charge >= 0.3 is 0 Å². The van der Waals surface area contributed by atoms with Gasteiger partial charge in [-0.2, -0.15) is 0 Å². The minimum Gasteiger partial charge on any atom is -0.360 e. The van der Waals surface area contributed by atoms with Crippen LogP contribution in [0.25, 0.3) is 0 Å². The van der Waals surface area contributed by atoms with Gasteiger partial charge in [-0.25, -0.2) is 0 Å². The molecule has 1 saturated carbocycles. The molecule has 2 rings (SSSR count). The third-order valence-electron chi connectivity index (χ3n) is 3.90. The average Bonchev–Trinajstić information content (AvgIpc) is 2.46. The summed E-state index contributed by atoms with van der Waals surface area (Å²) in [4.78, 5) is 6.76. The van der Waals surface area contributed by atoms with Gasteiger partial charge in [0, 0.05) is 18.3 Å². The number of nitrogens with zero attached hydrogens (tertiary/aromatic N) is 2. The maximum atomic E-state index is 5.57. The Morgan fingerprint density at radius 3 is 2.75 bits per heavy atom. The van der Waals surface area contributed by atoms with Crippen molar-refractivity contribution in [3.63, 3.8) is 0 Å². The van der Waals surface area contributed by atoms with Crippen molar-refractivity contribution in [2.24, 2.45) is 0 Å². The molecule has 1 fully saturated rings. The van der Waals surface area contributed by atoms with Gasteiger partial charge in [0.1, 0.15) is 0 Å². The second-order valence-corrected chi connectivity index (χ2v) is 5.96. The molecule has 1 aliphatic rings. The van der Waals surface area contributed by atoms with Gasteiger partial charge < -0.3 is 10.2 Å². The highest BCUT2D eigenvalue weighted by Gasteiger charge is 2.17. The van der Waals surface area contributed by atoms with E-state index in [1.165, 1.54) is 32.1 Å². The van der Waals surface area contributed by atoms with Crippen LogP contribution in [-0.2, 0) is 6.54 Å². The standard InChI is InChI=1S/C16H25N3S/c1-3-19(12-15-11-7-8-13(2)17-15)16(20)18-14-9-5-4-6-10-14/h7-8,11,14H,3-6,9-10,12H2,1-2H3,(H,18,20). The van der Waals surface area contributed by atoms with E-state index in [1.54, 1.807) is 0 Å². The third kappa shape index (κ3) is 4.44. The molecular formula is C16H25N3S. The molecule has 0 unspecified atom stereocenters. The highest BCUT2D eigenvalue weighted by Crippen LogP contribution is 2.17. The second kappa shape index (κ2) is 7.58. The molecule has 0 saturated heterocycles. The van der Waals surface area contributed by atoms with Crippen molar-refractivity contribution >= 4 is 17.3 Å². The normalized spacial score (nSPS) is 15.9. The van der Waals surface area contributed by atoms with Gasteiger partial charge in [-0.3, -0.25) is 4.98 Å². The summed E-state index contributed by atoms with van der Waals surface area (Å²) in [5.41, 5.74) is 2.14. The topological polar surface area (TPSA) is 28.2 Å². The minimum absolute atomic E-state index is 0.566. The van der Waals surface area contributed by atoms with Gasteiger partial charge in [0.05, 0.1) is 12.2 Å². The number of pyridine rings is 1. The summed E-state index contributed by atoms with van der Waals surface area (Å²) in [5.74, 6) is 0. The Bertz CT molecular complexity index is 441. The summed E-state index contributed by atoms with van der Waals surface area (Å²) < 4.78 is 0. The number of rotatable bonds is 4. The second-order valence-electron chi connectivity index (χ2n) is 5.57. The number of hydrogen-bond acceptors (Lipinski definition) is 2. The maximum Gasteiger partial charge on any atom is 0.169 e. The number of aryl methyl sites for hydroxylation is 1. The van der Waals surface area contributed by atoms with E-state index < -0.39 is 0 Å². The number of thiocarbonyl (C=S) groups is 1. The van der Waals surface area contributed by atoms with Crippen LogP contribution < -0.4 is 5.32 Å². The molecule has 20 heavy (non-hydrogen) atoms. The van der Waals surface area contributed by atoms with Crippen LogP contribution in [0.4, 0.5) is 0 Å². The summed E-state index contributed by atoms with van der Waals surface area (Å²) >= 11 is 5.57. The molecule has 0 atom stereocenters. The Hall–Kier alpha value is -1.16. The van der Waals surface area contributed by atoms with E-state index in [1.807, 2.05) is 13.0 Å². The lowest BCUT2D eigenvalue weighted by atomic mass is 9.96. The molecule has 0 spiro atoms. The molecule has 0 aromatic carbocycles. The third-order valence-corrected chi connectivity index (χ3v) is 4.28. The lowest BCUT2D eigenvalue weighted by molar-refractivity contribution is 0.374. The molecule has 1 N–H and O–H groups in total. The number of nitrogens with one attached hydrogen (secondary N) is 1. The van der Waals surface area contributed by atoms with Crippen LogP contribution in [0, 0.1) is 6.92 Å². The van der Waals surface area contributed by atoms with Crippen molar-refractivity contribution in [2.45, 2.75) is 58.5 Å². The smallest absolute Gasteiger partial charge is 0.169 e. The van der Waals surface area contributed by atoms with Crippen molar-refractivity contribution in [3.05, 3.63) is 29.6 Å². The summed E-state index contributed by atoms with van der Waals surface area (Å²) in [6, 6.07) is 6.72. The van der Waals surface area contributed by atoms with E-state index in [0.29, 0.717) is 6.04 Å². The van der Waals surface area contributed by atoms with E-state index in [0.717, 1.165) is 29.6 Å². The fraction of sp³-hybridized carbons (Fsp3) is 0.625. The van der Waals surface area contributed by atoms with Crippen molar-refractivity contribution < 1.29 is 0 Å². The quantitative estimate of drug-likeness (QED) is 0.860. The maximum absolute atomic E-state index is 5.57. The first-order valence-corrected chi connectivity index (χ1v) is 8.08. The highest BCUT2D eigenvalue weighted by molar-refractivity contribution is 7.80. The number of aromatic nitrogens is 1. The Morgan fingerprint density at radius 1 is 1.35 bits per heavy atom. The summed E-state index contributed by atoms with van der Waals surface area (Å²) in [6.45, 7) is 5.87. The predicted octanol–water partition coefficient (Wildman–Crippen LogP) is 3.42. The highest BCUT2D eigenvalue weighted by atomic mass is 32.1. The Morgan fingerprint density at radius 2 is 2.10 bits per heavy atom. The molecule has 0 aliphatic heterocycles. The van der Waals surface area contributed by atoms with E-state index >= 15 is 0 Å². The van der Waals surface area contributed by atoms with Crippen LogP contribution >= 0.6 is 12.2 Å². The van der Waals surface area contributed by atoms with Crippen molar-refractivity contribution in [3.8, 4) is 0 Å². The van der Waals surface area contributed by atoms with Gasteiger partial charge in [0.15, 0.2) is 5.11 Å². The molecule has 1 heterocycles. The molecular weight excluding hydrogens is 266 g/mol. The molecule has 0 amide bonds. The first kappa shape index (κ1) is 15.2. The van der Waals surface area contributed by atoms with Gasteiger partial charge in [-0.15, -0.1) is 0 Å². The van der Waals surface area contributed by atoms with Crippen LogP contribution in [0.5, 0.6) is 0 Å². The zero-order valence-corrected chi connectivity index (χ0v) is 13.4.